The summed E-state index contributed by atoms with van der Waals surface area (Å²) < 4.78 is 11.7. The van der Waals surface area contributed by atoms with Crippen molar-refractivity contribution in [2.75, 3.05) is 19.8 Å². The Morgan fingerprint density at radius 2 is 2.06 bits per heavy atom. The summed E-state index contributed by atoms with van der Waals surface area (Å²) in [4.78, 5) is 0. The van der Waals surface area contributed by atoms with E-state index in [1.165, 1.54) is 0 Å². The topological polar surface area (TPSA) is 30.5 Å². The molecule has 2 aliphatic heterocycles. The summed E-state index contributed by atoms with van der Waals surface area (Å²) in [6.07, 6.45) is 11.2. The summed E-state index contributed by atoms with van der Waals surface area (Å²) in [6.45, 7) is 4.66. The Balaban J connectivity index is 1.92. The molecule has 2 heterocycles. The zero-order chi connectivity index (χ0) is 11.3. The third kappa shape index (κ3) is 2.94. The molecule has 0 amide bonds. The lowest BCUT2D eigenvalue weighted by molar-refractivity contribution is -0.279. The highest BCUT2D eigenvalue weighted by atomic mass is 16.7. The molecule has 90 valence electrons. The minimum atomic E-state index is -0.311. The van der Waals surface area contributed by atoms with Gasteiger partial charge in [-0.1, -0.05) is 24.3 Å². The van der Waals surface area contributed by atoms with Gasteiger partial charge in [0.05, 0.1) is 13.2 Å². The molecule has 1 spiro atoms. The molecule has 0 unspecified atom stereocenters. The van der Waals surface area contributed by atoms with Crippen molar-refractivity contribution in [2.24, 2.45) is 0 Å². The number of ether oxygens (including phenoxy) is 2. The molecular weight excluding hydrogens is 202 g/mol. The highest BCUT2D eigenvalue weighted by molar-refractivity contribution is 5.07. The summed E-state index contributed by atoms with van der Waals surface area (Å²) in [7, 11) is 0. The molecule has 0 aliphatic carbocycles. The van der Waals surface area contributed by atoms with E-state index in [9.17, 15) is 0 Å². The first kappa shape index (κ1) is 11.8. The number of hydrogen-bond donors (Lipinski definition) is 1. The maximum Gasteiger partial charge on any atom is 0.171 e. The van der Waals surface area contributed by atoms with Gasteiger partial charge in [-0.2, -0.15) is 0 Å². The second-order valence-electron chi connectivity index (χ2n) is 4.39. The van der Waals surface area contributed by atoms with Crippen LogP contribution in [0.25, 0.3) is 0 Å². The van der Waals surface area contributed by atoms with E-state index in [0.29, 0.717) is 6.04 Å². The smallest absolute Gasteiger partial charge is 0.171 e. The Kier molecular flexibility index (Phi) is 4.16. The van der Waals surface area contributed by atoms with Crippen LogP contribution in [0.3, 0.4) is 0 Å². The van der Waals surface area contributed by atoms with Crippen LogP contribution in [-0.4, -0.2) is 31.6 Å². The van der Waals surface area contributed by atoms with Crippen molar-refractivity contribution in [3.63, 3.8) is 0 Å². The van der Waals surface area contributed by atoms with Crippen LogP contribution >= 0.6 is 0 Å². The molecule has 2 saturated heterocycles. The Morgan fingerprint density at radius 3 is 2.81 bits per heavy atom. The maximum atomic E-state index is 5.83. The van der Waals surface area contributed by atoms with E-state index >= 15 is 0 Å². The highest BCUT2D eigenvalue weighted by Crippen LogP contribution is 2.30. The fraction of sp³-hybridized carbons (Fsp3) is 0.692. The van der Waals surface area contributed by atoms with Crippen LogP contribution in [0.5, 0.6) is 0 Å². The van der Waals surface area contributed by atoms with E-state index in [-0.39, 0.29) is 5.79 Å². The van der Waals surface area contributed by atoms with Crippen molar-refractivity contribution < 1.29 is 9.47 Å². The van der Waals surface area contributed by atoms with Crippen molar-refractivity contribution >= 4 is 0 Å². The van der Waals surface area contributed by atoms with Crippen LogP contribution in [0.15, 0.2) is 24.3 Å². The second kappa shape index (κ2) is 5.62. The average Bonchev–Trinajstić information content (AvgIpc) is 2.31. The molecule has 0 aromatic rings. The summed E-state index contributed by atoms with van der Waals surface area (Å²) in [5.41, 5.74) is 0. The Morgan fingerprint density at radius 1 is 1.25 bits per heavy atom. The van der Waals surface area contributed by atoms with Crippen LogP contribution in [0.2, 0.25) is 0 Å². The molecule has 2 fully saturated rings. The van der Waals surface area contributed by atoms with Crippen LogP contribution in [0, 0.1) is 0 Å². The van der Waals surface area contributed by atoms with E-state index in [4.69, 9.17) is 9.47 Å². The molecule has 0 saturated carbocycles. The van der Waals surface area contributed by atoms with E-state index in [1.54, 1.807) is 0 Å². The number of rotatable bonds is 2. The number of allylic oxidation sites excluding steroid dienone is 3. The molecule has 2 rings (SSSR count). The van der Waals surface area contributed by atoms with Gasteiger partial charge in [0.15, 0.2) is 5.79 Å². The number of piperidine rings is 1. The molecule has 3 heteroatoms. The SMILES string of the molecule is C/C=C/C=C/[C@@H]1CC2(CCN1)OCCCO2. The van der Waals surface area contributed by atoms with Gasteiger partial charge in [0, 0.05) is 25.4 Å². The summed E-state index contributed by atoms with van der Waals surface area (Å²) in [6, 6.07) is 0.364. The molecule has 0 radical (unpaired) electrons. The molecule has 3 nitrogen and oxygen atoms in total. The predicted octanol–water partition coefficient (Wildman–Crippen LogP) is 2.00. The Labute approximate surface area is 97.5 Å². The van der Waals surface area contributed by atoms with Gasteiger partial charge in [-0.25, -0.2) is 0 Å². The van der Waals surface area contributed by atoms with Gasteiger partial charge in [0.25, 0.3) is 0 Å². The first-order valence-corrected chi connectivity index (χ1v) is 6.15. The minimum absolute atomic E-state index is 0.311. The third-order valence-corrected chi connectivity index (χ3v) is 3.11. The van der Waals surface area contributed by atoms with E-state index in [1.807, 2.05) is 19.1 Å². The standard InChI is InChI=1S/C13H21NO2/c1-2-3-4-6-12-11-13(7-8-14-12)15-9-5-10-16-13/h2-4,6,12,14H,5,7-11H2,1H3/b3-2+,6-4+/t12-/m1/s1. The summed E-state index contributed by atoms with van der Waals surface area (Å²) in [5, 5.41) is 3.47. The van der Waals surface area contributed by atoms with Gasteiger partial charge in [-0.3, -0.25) is 0 Å². The summed E-state index contributed by atoms with van der Waals surface area (Å²) in [5.74, 6) is -0.311. The lowest BCUT2D eigenvalue weighted by Crippen LogP contribution is -2.52. The quantitative estimate of drug-likeness (QED) is 0.726. The fourth-order valence-corrected chi connectivity index (χ4v) is 2.28. The van der Waals surface area contributed by atoms with Crippen molar-refractivity contribution in [3.8, 4) is 0 Å². The highest BCUT2D eigenvalue weighted by Gasteiger charge is 2.38. The van der Waals surface area contributed by atoms with Gasteiger partial charge in [-0.05, 0) is 13.3 Å². The lowest BCUT2D eigenvalue weighted by atomic mass is 9.96. The van der Waals surface area contributed by atoms with Crippen molar-refractivity contribution in [1.29, 1.82) is 0 Å². The van der Waals surface area contributed by atoms with Crippen molar-refractivity contribution in [1.82, 2.24) is 5.32 Å². The van der Waals surface area contributed by atoms with Crippen LogP contribution < -0.4 is 5.32 Å². The molecule has 2 aliphatic rings. The average molecular weight is 223 g/mol. The molecule has 1 atom stereocenters. The maximum absolute atomic E-state index is 5.83. The molecule has 16 heavy (non-hydrogen) atoms. The van der Waals surface area contributed by atoms with E-state index in [0.717, 1.165) is 39.0 Å². The van der Waals surface area contributed by atoms with Gasteiger partial charge in [0.1, 0.15) is 0 Å². The van der Waals surface area contributed by atoms with E-state index in [2.05, 4.69) is 17.5 Å². The molecule has 0 aromatic heterocycles. The molecule has 0 bridgehead atoms. The largest absolute Gasteiger partial charge is 0.350 e. The summed E-state index contributed by atoms with van der Waals surface area (Å²) >= 11 is 0. The molecule has 0 aromatic carbocycles. The van der Waals surface area contributed by atoms with Crippen molar-refractivity contribution in [3.05, 3.63) is 24.3 Å². The number of hydrogen-bond acceptors (Lipinski definition) is 3. The van der Waals surface area contributed by atoms with Gasteiger partial charge in [-0.15, -0.1) is 0 Å². The Bertz CT molecular complexity index is 262. The normalized spacial score (nSPS) is 30.4. The fourth-order valence-electron chi connectivity index (χ4n) is 2.28. The minimum Gasteiger partial charge on any atom is -0.350 e. The predicted molar refractivity (Wildman–Crippen MR) is 64.2 cm³/mol. The first-order valence-electron chi connectivity index (χ1n) is 6.15. The van der Waals surface area contributed by atoms with Gasteiger partial charge >= 0.3 is 0 Å². The van der Waals surface area contributed by atoms with Crippen LogP contribution in [0.4, 0.5) is 0 Å². The first-order chi connectivity index (χ1) is 7.85. The van der Waals surface area contributed by atoms with Crippen molar-refractivity contribution in [2.45, 2.75) is 38.0 Å². The van der Waals surface area contributed by atoms with Gasteiger partial charge in [0.2, 0.25) is 0 Å². The van der Waals surface area contributed by atoms with E-state index < -0.39 is 0 Å². The lowest BCUT2D eigenvalue weighted by Gasteiger charge is -2.42. The number of nitrogens with one attached hydrogen (secondary N) is 1. The molecule has 1 N–H and O–H groups in total. The zero-order valence-corrected chi connectivity index (χ0v) is 9.95. The monoisotopic (exact) mass is 223 g/mol. The van der Waals surface area contributed by atoms with Crippen LogP contribution in [-0.2, 0) is 9.47 Å². The second-order valence-corrected chi connectivity index (χ2v) is 4.39. The van der Waals surface area contributed by atoms with Gasteiger partial charge < -0.3 is 14.8 Å². The Hall–Kier alpha value is -0.640. The zero-order valence-electron chi connectivity index (χ0n) is 9.95. The van der Waals surface area contributed by atoms with Crippen LogP contribution in [0.1, 0.15) is 26.2 Å². The third-order valence-electron chi connectivity index (χ3n) is 3.11. The molecular formula is C13H21NO2.